The summed E-state index contributed by atoms with van der Waals surface area (Å²) in [7, 11) is 0. The number of halogens is 1. The number of rotatable bonds is 12. The minimum atomic E-state index is 0.0557. The molecule has 0 saturated heterocycles. The van der Waals surface area contributed by atoms with Gasteiger partial charge in [0.05, 0.1) is 0 Å². The van der Waals surface area contributed by atoms with Crippen LogP contribution in [-0.2, 0) is 0 Å². The van der Waals surface area contributed by atoms with Gasteiger partial charge in [-0.2, -0.15) is 0 Å². The molecule has 0 heterocycles. The van der Waals surface area contributed by atoms with Crippen LogP contribution < -0.4 is 0 Å². The Morgan fingerprint density at radius 2 is 1.12 bits per heavy atom. The van der Waals surface area contributed by atoms with Crippen LogP contribution in [0.5, 0.6) is 0 Å². The molecule has 0 aliphatic heterocycles. The zero-order chi connectivity index (χ0) is 13.0. The highest BCUT2D eigenvalue weighted by Crippen LogP contribution is 2.26. The molecule has 0 aliphatic carbocycles. The van der Waals surface area contributed by atoms with E-state index in [-0.39, 0.29) is 4.87 Å². The van der Waals surface area contributed by atoms with Crippen LogP contribution in [0.15, 0.2) is 0 Å². The van der Waals surface area contributed by atoms with Crippen LogP contribution in [0, 0.1) is 0 Å². The van der Waals surface area contributed by atoms with E-state index in [0.717, 1.165) is 6.42 Å². The first-order valence-corrected chi connectivity index (χ1v) is 8.19. The van der Waals surface area contributed by atoms with Crippen molar-refractivity contribution in [1.29, 1.82) is 0 Å². The van der Waals surface area contributed by atoms with Crippen molar-refractivity contribution in [2.24, 2.45) is 0 Å². The molecule has 1 atom stereocenters. The molecule has 0 saturated carbocycles. The summed E-state index contributed by atoms with van der Waals surface area (Å²) < 4.78 is 0. The molecule has 0 nitrogen and oxygen atoms in total. The molecule has 0 aromatic rings. The minimum Gasteiger partial charge on any atom is -0.120 e. The van der Waals surface area contributed by atoms with E-state index in [2.05, 4.69) is 20.8 Å². The molecule has 0 aliphatic rings. The van der Waals surface area contributed by atoms with Gasteiger partial charge in [0.2, 0.25) is 0 Å². The van der Waals surface area contributed by atoms with Gasteiger partial charge in [0.25, 0.3) is 0 Å². The number of unbranched alkanes of at least 4 members (excludes halogenated alkanes) is 9. The maximum atomic E-state index is 6.33. The lowest BCUT2D eigenvalue weighted by atomic mass is 9.98. The van der Waals surface area contributed by atoms with Gasteiger partial charge in [-0.05, 0) is 19.8 Å². The Kier molecular flexibility index (Phi) is 11.6. The zero-order valence-corrected chi connectivity index (χ0v) is 13.1. The average molecular weight is 261 g/mol. The maximum absolute atomic E-state index is 6.33. The average Bonchev–Trinajstić information content (AvgIpc) is 2.31. The van der Waals surface area contributed by atoms with Gasteiger partial charge in [-0.15, -0.1) is 11.6 Å². The van der Waals surface area contributed by atoms with Crippen LogP contribution in [0.2, 0.25) is 0 Å². The van der Waals surface area contributed by atoms with E-state index >= 15 is 0 Å². The first-order chi connectivity index (χ1) is 8.12. The van der Waals surface area contributed by atoms with Gasteiger partial charge in [-0.1, -0.05) is 78.1 Å². The molecule has 0 bridgehead atoms. The third kappa shape index (κ3) is 12.5. The van der Waals surface area contributed by atoms with Crippen molar-refractivity contribution in [3.05, 3.63) is 0 Å². The van der Waals surface area contributed by atoms with Gasteiger partial charge in [0, 0.05) is 4.87 Å². The van der Waals surface area contributed by atoms with Crippen molar-refractivity contribution in [1.82, 2.24) is 0 Å². The van der Waals surface area contributed by atoms with Crippen LogP contribution in [-0.4, -0.2) is 4.87 Å². The summed E-state index contributed by atoms with van der Waals surface area (Å²) in [6.07, 6.45) is 16.3. The molecule has 0 fully saturated rings. The molecule has 1 heteroatoms. The minimum absolute atomic E-state index is 0.0557. The monoisotopic (exact) mass is 260 g/mol. The fraction of sp³-hybridized carbons (Fsp3) is 1.00. The van der Waals surface area contributed by atoms with Gasteiger partial charge < -0.3 is 0 Å². The SMILES string of the molecule is CCCCCCCCCCCCC(C)(Cl)CC. The maximum Gasteiger partial charge on any atom is 0.0416 e. The number of alkyl halides is 1. The summed E-state index contributed by atoms with van der Waals surface area (Å²) in [4.78, 5) is 0.0557. The van der Waals surface area contributed by atoms with E-state index in [0.29, 0.717) is 0 Å². The van der Waals surface area contributed by atoms with Gasteiger partial charge in [0.1, 0.15) is 0 Å². The number of hydrogen-bond acceptors (Lipinski definition) is 0. The summed E-state index contributed by atoms with van der Waals surface area (Å²) in [5.41, 5.74) is 0. The molecule has 1 unspecified atom stereocenters. The summed E-state index contributed by atoms with van der Waals surface area (Å²) in [6, 6.07) is 0. The predicted octanol–water partition coefficient (Wildman–Crippen LogP) is 6.70. The van der Waals surface area contributed by atoms with Crippen LogP contribution in [0.25, 0.3) is 0 Å². The van der Waals surface area contributed by atoms with Crippen molar-refractivity contribution in [3.63, 3.8) is 0 Å². The van der Waals surface area contributed by atoms with E-state index < -0.39 is 0 Å². The highest BCUT2D eigenvalue weighted by atomic mass is 35.5. The van der Waals surface area contributed by atoms with Crippen molar-refractivity contribution in [3.8, 4) is 0 Å². The summed E-state index contributed by atoms with van der Waals surface area (Å²) in [5.74, 6) is 0. The summed E-state index contributed by atoms with van der Waals surface area (Å²) >= 11 is 6.33. The third-order valence-corrected chi connectivity index (χ3v) is 4.25. The van der Waals surface area contributed by atoms with Crippen molar-refractivity contribution in [2.75, 3.05) is 0 Å². The fourth-order valence-electron chi connectivity index (χ4n) is 2.16. The van der Waals surface area contributed by atoms with E-state index in [1.165, 1.54) is 70.6 Å². The molecule has 0 N–H and O–H groups in total. The normalized spacial score (nSPS) is 14.8. The Bertz CT molecular complexity index is 152. The van der Waals surface area contributed by atoms with E-state index in [1.807, 2.05) is 0 Å². The quantitative estimate of drug-likeness (QED) is 0.270. The van der Waals surface area contributed by atoms with Crippen LogP contribution in [0.1, 0.15) is 97.8 Å². The van der Waals surface area contributed by atoms with E-state index in [4.69, 9.17) is 11.6 Å². The van der Waals surface area contributed by atoms with Gasteiger partial charge >= 0.3 is 0 Å². The first-order valence-electron chi connectivity index (χ1n) is 7.81. The Hall–Kier alpha value is 0.290. The zero-order valence-electron chi connectivity index (χ0n) is 12.4. The Balaban J connectivity index is 3.09. The Morgan fingerprint density at radius 1 is 0.706 bits per heavy atom. The molecule has 0 amide bonds. The molecule has 0 spiro atoms. The van der Waals surface area contributed by atoms with Crippen LogP contribution in [0.4, 0.5) is 0 Å². The highest BCUT2D eigenvalue weighted by Gasteiger charge is 2.16. The summed E-state index contributed by atoms with van der Waals surface area (Å²) in [6.45, 7) is 6.63. The Morgan fingerprint density at radius 3 is 1.53 bits per heavy atom. The van der Waals surface area contributed by atoms with Crippen molar-refractivity contribution < 1.29 is 0 Å². The van der Waals surface area contributed by atoms with Crippen molar-refractivity contribution in [2.45, 2.75) is 103 Å². The number of hydrogen-bond donors (Lipinski definition) is 0. The van der Waals surface area contributed by atoms with E-state index in [9.17, 15) is 0 Å². The van der Waals surface area contributed by atoms with Gasteiger partial charge in [-0.3, -0.25) is 0 Å². The smallest absolute Gasteiger partial charge is 0.0416 e. The molecule has 0 radical (unpaired) electrons. The lowest BCUT2D eigenvalue weighted by molar-refractivity contribution is 0.495. The molecular weight excluding hydrogens is 228 g/mol. The Labute approximate surface area is 115 Å². The van der Waals surface area contributed by atoms with Crippen LogP contribution in [0.3, 0.4) is 0 Å². The van der Waals surface area contributed by atoms with E-state index in [1.54, 1.807) is 0 Å². The van der Waals surface area contributed by atoms with Gasteiger partial charge in [0.15, 0.2) is 0 Å². The molecule has 0 rings (SSSR count). The lowest BCUT2D eigenvalue weighted by Gasteiger charge is -2.19. The van der Waals surface area contributed by atoms with Crippen LogP contribution >= 0.6 is 11.6 Å². The van der Waals surface area contributed by atoms with Crippen molar-refractivity contribution >= 4 is 11.6 Å². The third-order valence-electron chi connectivity index (χ3n) is 3.79. The highest BCUT2D eigenvalue weighted by molar-refractivity contribution is 6.23. The molecular formula is C16H33Cl. The molecule has 104 valence electrons. The fourth-order valence-corrected chi connectivity index (χ4v) is 2.29. The second kappa shape index (κ2) is 11.4. The molecule has 0 aromatic carbocycles. The molecule has 17 heavy (non-hydrogen) atoms. The predicted molar refractivity (Wildman–Crippen MR) is 81.0 cm³/mol. The second-order valence-corrected chi connectivity index (χ2v) is 6.61. The standard InChI is InChI=1S/C16H33Cl/c1-4-6-7-8-9-10-11-12-13-14-15-16(3,17)5-2/h4-15H2,1-3H3. The second-order valence-electron chi connectivity index (χ2n) is 5.70. The van der Waals surface area contributed by atoms with Gasteiger partial charge in [-0.25, -0.2) is 0 Å². The first kappa shape index (κ1) is 17.3. The molecule has 0 aromatic heterocycles. The largest absolute Gasteiger partial charge is 0.120 e. The topological polar surface area (TPSA) is 0 Å². The lowest BCUT2D eigenvalue weighted by Crippen LogP contribution is -2.13. The summed E-state index contributed by atoms with van der Waals surface area (Å²) in [5, 5.41) is 0.